The third-order valence-corrected chi connectivity index (χ3v) is 3.67. The molecule has 0 spiro atoms. The number of carboxylic acids is 1. The van der Waals surface area contributed by atoms with E-state index in [9.17, 15) is 24.4 Å². The third kappa shape index (κ3) is 3.10. The van der Waals surface area contributed by atoms with Crippen molar-refractivity contribution in [1.82, 2.24) is 0 Å². The molecule has 0 atom stereocenters. The second-order valence-electron chi connectivity index (χ2n) is 5.37. The molecule has 8 heteroatoms. The molecule has 0 aromatic heterocycles. The molecule has 7 nitrogen and oxygen atoms in total. The van der Waals surface area contributed by atoms with Crippen LogP contribution in [0.25, 0.3) is 0 Å². The summed E-state index contributed by atoms with van der Waals surface area (Å²) in [6.45, 7) is 2.34. The van der Waals surface area contributed by atoms with Crippen LogP contribution in [0.1, 0.15) is 30.1 Å². The smallest absolute Gasteiger partial charge is 0.338 e. The van der Waals surface area contributed by atoms with Gasteiger partial charge in [-0.3, -0.25) is 10.1 Å². The molecular formula is C13H15FN2O5. The van der Waals surface area contributed by atoms with Crippen LogP contribution in [-0.4, -0.2) is 39.8 Å². The molecule has 1 aromatic carbocycles. The number of aromatic carboxylic acids is 1. The molecule has 1 saturated heterocycles. The summed E-state index contributed by atoms with van der Waals surface area (Å²) in [6.07, 6.45) is 0.786. The first-order valence-corrected chi connectivity index (χ1v) is 6.40. The predicted molar refractivity (Wildman–Crippen MR) is 72.1 cm³/mol. The zero-order chi connectivity index (χ0) is 15.8. The van der Waals surface area contributed by atoms with Gasteiger partial charge in [-0.15, -0.1) is 0 Å². The van der Waals surface area contributed by atoms with Crippen molar-refractivity contribution in [2.75, 3.05) is 18.0 Å². The number of carboxylic acid groups (broad SMARTS) is 1. The quantitative estimate of drug-likeness (QED) is 0.651. The Balaban J connectivity index is 2.43. The van der Waals surface area contributed by atoms with E-state index >= 15 is 0 Å². The number of nitro groups is 1. The average Bonchev–Trinajstić information content (AvgIpc) is 2.38. The van der Waals surface area contributed by atoms with E-state index in [0.717, 1.165) is 6.07 Å². The topological polar surface area (TPSA) is 104 Å². The Morgan fingerprint density at radius 3 is 2.48 bits per heavy atom. The highest BCUT2D eigenvalue weighted by Crippen LogP contribution is 2.34. The van der Waals surface area contributed by atoms with Crippen LogP contribution < -0.4 is 4.90 Å². The zero-order valence-electron chi connectivity index (χ0n) is 11.4. The van der Waals surface area contributed by atoms with E-state index in [1.165, 1.54) is 0 Å². The molecule has 0 saturated carbocycles. The molecule has 1 fully saturated rings. The first-order chi connectivity index (χ1) is 9.71. The highest BCUT2D eigenvalue weighted by atomic mass is 19.1. The second-order valence-corrected chi connectivity index (χ2v) is 5.37. The summed E-state index contributed by atoms with van der Waals surface area (Å²) in [7, 11) is 0. The summed E-state index contributed by atoms with van der Waals surface area (Å²) in [5, 5.41) is 29.9. The van der Waals surface area contributed by atoms with Crippen molar-refractivity contribution in [3.8, 4) is 0 Å². The maximum Gasteiger partial charge on any atom is 0.338 e. The van der Waals surface area contributed by atoms with Gasteiger partial charge in [0.2, 0.25) is 0 Å². The molecule has 1 aromatic rings. The van der Waals surface area contributed by atoms with Gasteiger partial charge in [0.1, 0.15) is 11.5 Å². The van der Waals surface area contributed by atoms with Crippen LogP contribution in [0.15, 0.2) is 12.1 Å². The normalized spacial score (nSPS) is 17.6. The van der Waals surface area contributed by atoms with Crippen molar-refractivity contribution < 1.29 is 24.3 Å². The van der Waals surface area contributed by atoms with E-state index < -0.39 is 33.6 Å². The van der Waals surface area contributed by atoms with Gasteiger partial charge in [0, 0.05) is 13.1 Å². The Labute approximate surface area is 119 Å². The first-order valence-electron chi connectivity index (χ1n) is 6.40. The van der Waals surface area contributed by atoms with Crippen molar-refractivity contribution in [3.63, 3.8) is 0 Å². The minimum Gasteiger partial charge on any atom is -0.478 e. The van der Waals surface area contributed by atoms with E-state index in [1.54, 1.807) is 11.8 Å². The van der Waals surface area contributed by atoms with Gasteiger partial charge in [0.05, 0.1) is 22.2 Å². The molecule has 1 heterocycles. The van der Waals surface area contributed by atoms with Crippen LogP contribution in [0.5, 0.6) is 0 Å². The molecule has 0 bridgehead atoms. The number of hydrogen-bond donors (Lipinski definition) is 2. The summed E-state index contributed by atoms with van der Waals surface area (Å²) in [6, 6.07) is 1.61. The number of rotatable bonds is 3. The lowest BCUT2D eigenvalue weighted by Crippen LogP contribution is -2.42. The second kappa shape index (κ2) is 5.28. The number of hydrogen-bond acceptors (Lipinski definition) is 5. The lowest BCUT2D eigenvalue weighted by atomic mass is 9.93. The van der Waals surface area contributed by atoms with E-state index in [1.807, 2.05) is 0 Å². The fraction of sp³-hybridized carbons (Fsp3) is 0.462. The summed E-state index contributed by atoms with van der Waals surface area (Å²) < 4.78 is 13.6. The third-order valence-electron chi connectivity index (χ3n) is 3.67. The Hall–Kier alpha value is -2.22. The molecule has 0 radical (unpaired) electrons. The number of halogens is 1. The monoisotopic (exact) mass is 298 g/mol. The number of nitrogens with zero attached hydrogens (tertiary/aromatic N) is 2. The average molecular weight is 298 g/mol. The Bertz CT molecular complexity index is 592. The van der Waals surface area contributed by atoms with E-state index in [-0.39, 0.29) is 5.69 Å². The van der Waals surface area contributed by atoms with E-state index in [4.69, 9.17) is 5.11 Å². The van der Waals surface area contributed by atoms with Gasteiger partial charge in [0.25, 0.3) is 5.69 Å². The van der Waals surface area contributed by atoms with Gasteiger partial charge >= 0.3 is 5.97 Å². The number of benzene rings is 1. The van der Waals surface area contributed by atoms with Gasteiger partial charge in [-0.2, -0.15) is 0 Å². The van der Waals surface area contributed by atoms with Gasteiger partial charge in [0.15, 0.2) is 0 Å². The fourth-order valence-corrected chi connectivity index (χ4v) is 2.34. The predicted octanol–water partition coefficient (Wildman–Crippen LogP) is 1.78. The highest BCUT2D eigenvalue weighted by Gasteiger charge is 2.31. The Kier molecular flexibility index (Phi) is 3.82. The van der Waals surface area contributed by atoms with Gasteiger partial charge in [-0.25, -0.2) is 9.18 Å². The summed E-state index contributed by atoms with van der Waals surface area (Å²) >= 11 is 0. The van der Waals surface area contributed by atoms with Gasteiger partial charge in [-0.05, 0) is 25.8 Å². The van der Waals surface area contributed by atoms with Crippen LogP contribution >= 0.6 is 0 Å². The molecule has 21 heavy (non-hydrogen) atoms. The Morgan fingerprint density at radius 1 is 1.43 bits per heavy atom. The molecule has 2 N–H and O–H groups in total. The molecule has 0 amide bonds. The number of anilines is 1. The van der Waals surface area contributed by atoms with E-state index in [0.29, 0.717) is 32.0 Å². The minimum absolute atomic E-state index is 0.0642. The maximum atomic E-state index is 13.6. The number of aliphatic hydroxyl groups is 1. The van der Waals surface area contributed by atoms with Crippen molar-refractivity contribution in [3.05, 3.63) is 33.6 Å². The zero-order valence-corrected chi connectivity index (χ0v) is 11.4. The number of piperidine rings is 1. The standard InChI is InChI=1S/C13H15FN2O5/c1-13(19)2-4-15(5-3-13)10-6-8(12(17)18)9(14)7-11(10)16(20)21/h6-7,19H,2-5H2,1H3,(H,17,18). The molecule has 114 valence electrons. The summed E-state index contributed by atoms with van der Waals surface area (Å²) in [5.74, 6) is -2.62. The van der Waals surface area contributed by atoms with Crippen molar-refractivity contribution in [2.24, 2.45) is 0 Å². The molecule has 1 aliphatic heterocycles. The van der Waals surface area contributed by atoms with Crippen molar-refractivity contribution >= 4 is 17.3 Å². The van der Waals surface area contributed by atoms with Gasteiger partial charge in [-0.1, -0.05) is 0 Å². The lowest BCUT2D eigenvalue weighted by molar-refractivity contribution is -0.384. The summed E-state index contributed by atoms with van der Waals surface area (Å²) in [5.41, 5.74) is -1.86. The van der Waals surface area contributed by atoms with Crippen LogP contribution in [0.2, 0.25) is 0 Å². The molecule has 0 aliphatic carbocycles. The number of carbonyl (C=O) groups is 1. The highest BCUT2D eigenvalue weighted by molar-refractivity contribution is 5.90. The fourth-order valence-electron chi connectivity index (χ4n) is 2.34. The van der Waals surface area contributed by atoms with Crippen LogP contribution in [0.3, 0.4) is 0 Å². The van der Waals surface area contributed by atoms with Gasteiger partial charge < -0.3 is 15.1 Å². The van der Waals surface area contributed by atoms with Crippen molar-refractivity contribution in [2.45, 2.75) is 25.4 Å². The maximum absolute atomic E-state index is 13.6. The first kappa shape index (κ1) is 15.2. The lowest BCUT2D eigenvalue weighted by Gasteiger charge is -2.36. The molecule has 0 unspecified atom stereocenters. The molecule has 2 rings (SSSR count). The van der Waals surface area contributed by atoms with E-state index in [2.05, 4.69) is 0 Å². The van der Waals surface area contributed by atoms with Crippen molar-refractivity contribution in [1.29, 1.82) is 0 Å². The number of nitro benzene ring substituents is 1. The summed E-state index contributed by atoms with van der Waals surface area (Å²) in [4.78, 5) is 22.9. The van der Waals surface area contributed by atoms with Crippen LogP contribution in [0.4, 0.5) is 15.8 Å². The molecule has 1 aliphatic rings. The largest absolute Gasteiger partial charge is 0.478 e. The van der Waals surface area contributed by atoms with Crippen LogP contribution in [-0.2, 0) is 0 Å². The molecular weight excluding hydrogens is 283 g/mol. The SMILES string of the molecule is CC1(O)CCN(c2cc(C(=O)O)c(F)cc2[N+](=O)[O-])CC1. The minimum atomic E-state index is -1.48. The van der Waals surface area contributed by atoms with Crippen LogP contribution in [0, 0.1) is 15.9 Å². The Morgan fingerprint density at radius 2 is 2.00 bits per heavy atom.